The number of rotatable bonds is 1. The van der Waals surface area contributed by atoms with Crippen molar-refractivity contribution < 1.29 is 5.11 Å². The number of thiophene rings is 1. The Bertz CT molecular complexity index is 438. The van der Waals surface area contributed by atoms with Crippen LogP contribution in [0.25, 0.3) is 8.96 Å². The Morgan fingerprint density at radius 3 is 2.77 bits per heavy atom. The first-order valence-electron chi connectivity index (χ1n) is 3.88. The van der Waals surface area contributed by atoms with Gasteiger partial charge in [-0.25, -0.2) is 0 Å². The topological polar surface area (TPSA) is 20.2 Å². The van der Waals surface area contributed by atoms with Crippen molar-refractivity contribution in [3.8, 4) is 0 Å². The summed E-state index contributed by atoms with van der Waals surface area (Å²) < 4.78 is 3.68. The summed E-state index contributed by atoms with van der Waals surface area (Å²) in [6.07, 6.45) is 0. The van der Waals surface area contributed by atoms with E-state index in [0.717, 1.165) is 8.91 Å². The van der Waals surface area contributed by atoms with Crippen LogP contribution in [0.5, 0.6) is 0 Å². The molecule has 0 saturated carbocycles. The molecule has 2 aromatic rings. The first-order valence-corrected chi connectivity index (χ1v) is 7.27. The van der Waals surface area contributed by atoms with Gasteiger partial charge in [0, 0.05) is 0 Å². The van der Waals surface area contributed by atoms with E-state index in [1.54, 1.807) is 11.3 Å². The summed E-state index contributed by atoms with van der Waals surface area (Å²) in [6.45, 7) is 3.70. The van der Waals surface area contributed by atoms with Crippen molar-refractivity contribution in [2.24, 2.45) is 0 Å². The number of fused-ring (bicyclic) bond motifs is 1. The molecule has 2 aromatic heterocycles. The second kappa shape index (κ2) is 3.21. The van der Waals surface area contributed by atoms with Crippen molar-refractivity contribution in [1.82, 2.24) is 0 Å². The van der Waals surface area contributed by atoms with E-state index < -0.39 is 5.60 Å². The Balaban J connectivity index is 2.71. The Morgan fingerprint density at radius 1 is 1.54 bits per heavy atom. The van der Waals surface area contributed by atoms with Crippen LogP contribution in [-0.2, 0) is 5.60 Å². The van der Waals surface area contributed by atoms with Gasteiger partial charge in [0.25, 0.3) is 0 Å². The SMILES string of the molecule is CC(C)(O)c1[se]c2sccc2c1Br. The fourth-order valence-electron chi connectivity index (χ4n) is 1.19. The van der Waals surface area contributed by atoms with Crippen LogP contribution in [0.4, 0.5) is 0 Å². The molecule has 2 rings (SSSR count). The molecule has 13 heavy (non-hydrogen) atoms. The summed E-state index contributed by atoms with van der Waals surface area (Å²) >= 11 is 5.65. The third kappa shape index (κ3) is 1.66. The number of halogens is 1. The quantitative estimate of drug-likeness (QED) is 0.800. The molecule has 0 aromatic carbocycles. The Hall–Kier alpha value is 0.399. The van der Waals surface area contributed by atoms with E-state index >= 15 is 0 Å². The fourth-order valence-corrected chi connectivity index (χ4v) is 6.53. The monoisotopic (exact) mass is 324 g/mol. The second-order valence-electron chi connectivity index (χ2n) is 3.43. The molecule has 0 unspecified atom stereocenters. The van der Waals surface area contributed by atoms with Gasteiger partial charge in [0.2, 0.25) is 0 Å². The van der Waals surface area contributed by atoms with Gasteiger partial charge in [0.05, 0.1) is 0 Å². The molecule has 1 N–H and O–H groups in total. The summed E-state index contributed by atoms with van der Waals surface area (Å²) in [6, 6.07) is 2.12. The van der Waals surface area contributed by atoms with Crippen LogP contribution in [0.2, 0.25) is 0 Å². The predicted molar refractivity (Wildman–Crippen MR) is 61.7 cm³/mol. The summed E-state index contributed by atoms with van der Waals surface area (Å²) in [7, 11) is 0. The van der Waals surface area contributed by atoms with Gasteiger partial charge in [-0.1, -0.05) is 0 Å². The molecule has 0 atom stereocenters. The molecule has 0 radical (unpaired) electrons. The fraction of sp³-hybridized carbons (Fsp3) is 0.333. The molecule has 4 heteroatoms. The summed E-state index contributed by atoms with van der Waals surface area (Å²) in [5.41, 5.74) is -0.683. The van der Waals surface area contributed by atoms with Gasteiger partial charge in [0.15, 0.2) is 0 Å². The van der Waals surface area contributed by atoms with Crippen LogP contribution >= 0.6 is 27.3 Å². The molecule has 0 aliphatic heterocycles. The molecule has 0 aliphatic rings. The van der Waals surface area contributed by atoms with Crippen LogP contribution in [-0.4, -0.2) is 19.6 Å². The standard InChI is InChI=1S/C9H9BrOSSe/c1-9(2,11)7-6(10)5-3-4-12-8(5)13-7/h3-4,11H,1-2H3. The zero-order chi connectivity index (χ0) is 9.64. The maximum absolute atomic E-state index is 9.91. The van der Waals surface area contributed by atoms with Crippen LogP contribution in [0.15, 0.2) is 15.9 Å². The van der Waals surface area contributed by atoms with Crippen molar-refractivity contribution in [3.63, 3.8) is 0 Å². The van der Waals surface area contributed by atoms with E-state index in [1.807, 2.05) is 13.8 Å². The minimum atomic E-state index is -0.683. The van der Waals surface area contributed by atoms with Gasteiger partial charge in [0.1, 0.15) is 0 Å². The molecule has 0 saturated heterocycles. The van der Waals surface area contributed by atoms with E-state index in [4.69, 9.17) is 0 Å². The van der Waals surface area contributed by atoms with Gasteiger partial charge >= 0.3 is 95.6 Å². The van der Waals surface area contributed by atoms with E-state index in [9.17, 15) is 5.11 Å². The van der Waals surface area contributed by atoms with Crippen molar-refractivity contribution >= 4 is 50.7 Å². The summed E-state index contributed by atoms with van der Waals surface area (Å²) in [4.78, 5) is 0. The minimum absolute atomic E-state index is 0.306. The van der Waals surface area contributed by atoms with Crippen molar-refractivity contribution in [2.75, 3.05) is 0 Å². The van der Waals surface area contributed by atoms with Crippen molar-refractivity contribution in [2.45, 2.75) is 19.4 Å². The third-order valence-electron chi connectivity index (χ3n) is 1.82. The summed E-state index contributed by atoms with van der Waals surface area (Å²) in [5.74, 6) is 0. The molecule has 2 heterocycles. The van der Waals surface area contributed by atoms with E-state index in [-0.39, 0.29) is 0 Å². The Labute approximate surface area is 95.3 Å². The van der Waals surface area contributed by atoms with E-state index in [2.05, 4.69) is 27.4 Å². The molecule has 70 valence electrons. The summed E-state index contributed by atoms with van der Waals surface area (Å²) in [5, 5.41) is 13.3. The first-order chi connectivity index (χ1) is 6.00. The molecular formula is C9H9BrOSSe. The average Bonchev–Trinajstić information content (AvgIpc) is 2.51. The molecule has 0 amide bonds. The van der Waals surface area contributed by atoms with Gasteiger partial charge in [-0.05, 0) is 0 Å². The number of hydrogen-bond donors (Lipinski definition) is 1. The molecule has 1 nitrogen and oxygen atoms in total. The van der Waals surface area contributed by atoms with Crippen molar-refractivity contribution in [1.29, 1.82) is 0 Å². The number of aliphatic hydroxyl groups is 1. The normalized spacial score (nSPS) is 12.6. The van der Waals surface area contributed by atoms with Crippen LogP contribution in [0.1, 0.15) is 18.3 Å². The van der Waals surface area contributed by atoms with Crippen molar-refractivity contribution in [3.05, 3.63) is 20.4 Å². The number of hydrogen-bond acceptors (Lipinski definition) is 2. The van der Waals surface area contributed by atoms with Crippen LogP contribution < -0.4 is 0 Å². The van der Waals surface area contributed by atoms with E-state index in [1.165, 1.54) is 8.96 Å². The average molecular weight is 324 g/mol. The maximum atomic E-state index is 9.91. The molecule has 0 aliphatic carbocycles. The third-order valence-corrected chi connectivity index (χ3v) is 7.73. The van der Waals surface area contributed by atoms with Gasteiger partial charge in [-0.2, -0.15) is 0 Å². The van der Waals surface area contributed by atoms with Gasteiger partial charge in [-0.15, -0.1) is 0 Å². The van der Waals surface area contributed by atoms with Crippen LogP contribution in [0.3, 0.4) is 0 Å². The molecular weight excluding hydrogens is 315 g/mol. The Morgan fingerprint density at radius 2 is 2.23 bits per heavy atom. The van der Waals surface area contributed by atoms with Gasteiger partial charge in [-0.3, -0.25) is 0 Å². The molecule has 0 bridgehead atoms. The first kappa shape index (κ1) is 9.94. The van der Waals surface area contributed by atoms with Crippen LogP contribution in [0, 0.1) is 0 Å². The molecule has 0 spiro atoms. The predicted octanol–water partition coefficient (Wildman–Crippen LogP) is 2.95. The molecule has 0 fully saturated rings. The zero-order valence-corrected chi connectivity index (χ0v) is 11.4. The zero-order valence-electron chi connectivity index (χ0n) is 7.30. The van der Waals surface area contributed by atoms with E-state index in [0.29, 0.717) is 14.5 Å². The Kier molecular flexibility index (Phi) is 2.45. The van der Waals surface area contributed by atoms with Gasteiger partial charge < -0.3 is 0 Å². The second-order valence-corrected chi connectivity index (χ2v) is 7.86.